The topological polar surface area (TPSA) is 51.7 Å². The number of carbonyl (C=O) groups excluding carboxylic acids is 1. The van der Waals surface area contributed by atoms with Crippen molar-refractivity contribution in [3.8, 4) is 5.75 Å². The van der Waals surface area contributed by atoms with E-state index in [2.05, 4.69) is 34.7 Å². The predicted octanol–water partition coefficient (Wildman–Crippen LogP) is 5.94. The number of fused-ring (bicyclic) bond motifs is 4. The Balaban J connectivity index is 1.27. The number of hydrogen-bond donors (Lipinski definition) is 0. The highest BCUT2D eigenvalue weighted by Gasteiger charge is 2.56. The Morgan fingerprint density at radius 3 is 2.53 bits per heavy atom. The lowest BCUT2D eigenvalue weighted by Gasteiger charge is -2.56. The standard InChI is InChI=1S/C31H38N2O3/c1-3-22-18-33-9-7-23(22)13-28(33)29(25-6-8-32-27-5-4-24(35-2)14-26(25)27)36-30(34)31-15-19-10-20(16-31)12-21(11-19)17-31/h3-6,8,14,19-23,28-29H,1,7,9-13,15-18H2,2H3/t19?,20?,21?,22-,23-,28-,29+,31?/m0/s1. The fraction of sp³-hybridized carbons (Fsp3) is 0.613. The minimum Gasteiger partial charge on any atom is -0.497 e. The van der Waals surface area contributed by atoms with Gasteiger partial charge in [0.1, 0.15) is 11.9 Å². The molecule has 7 fully saturated rings. The molecule has 2 aromatic rings. The van der Waals surface area contributed by atoms with Crippen molar-refractivity contribution in [3.63, 3.8) is 0 Å². The van der Waals surface area contributed by atoms with Crippen LogP contribution in [0.25, 0.3) is 10.9 Å². The van der Waals surface area contributed by atoms with Crippen molar-refractivity contribution in [2.75, 3.05) is 20.2 Å². The third-order valence-corrected chi connectivity index (χ3v) is 10.5. The number of rotatable bonds is 6. The summed E-state index contributed by atoms with van der Waals surface area (Å²) in [6, 6.07) is 8.29. The summed E-state index contributed by atoms with van der Waals surface area (Å²) < 4.78 is 12.4. The van der Waals surface area contributed by atoms with Crippen LogP contribution in [0.1, 0.15) is 63.0 Å². The fourth-order valence-corrected chi connectivity index (χ4v) is 9.16. The largest absolute Gasteiger partial charge is 0.497 e. The van der Waals surface area contributed by atoms with Crippen LogP contribution >= 0.6 is 0 Å². The Bertz CT molecular complexity index is 1160. The molecule has 190 valence electrons. The van der Waals surface area contributed by atoms with Crippen LogP contribution in [0.15, 0.2) is 43.1 Å². The average Bonchev–Trinajstić information content (AvgIpc) is 2.90. The van der Waals surface area contributed by atoms with Crippen LogP contribution in [0.2, 0.25) is 0 Å². The minimum atomic E-state index is -0.295. The molecule has 0 radical (unpaired) electrons. The van der Waals surface area contributed by atoms with Gasteiger partial charge in [-0.15, -0.1) is 6.58 Å². The SMILES string of the molecule is C=C[C@H]1CN2CC[C@H]1C[C@H]2[C@H](OC(=O)C12CC3CC(CC(C3)C1)C2)c1ccnc2ccc(OC)cc12. The Labute approximate surface area is 214 Å². The van der Waals surface area contributed by atoms with Gasteiger partial charge in [-0.3, -0.25) is 14.7 Å². The first kappa shape index (κ1) is 22.8. The molecule has 36 heavy (non-hydrogen) atoms. The van der Waals surface area contributed by atoms with Gasteiger partial charge < -0.3 is 9.47 Å². The summed E-state index contributed by atoms with van der Waals surface area (Å²) in [4.78, 5) is 21.4. The van der Waals surface area contributed by atoms with Gasteiger partial charge in [-0.2, -0.15) is 0 Å². The molecule has 5 heteroatoms. The molecule has 1 aromatic carbocycles. The van der Waals surface area contributed by atoms with E-state index in [1.807, 2.05) is 18.3 Å². The maximum Gasteiger partial charge on any atom is 0.312 e. The quantitative estimate of drug-likeness (QED) is 0.374. The zero-order valence-corrected chi connectivity index (χ0v) is 21.4. The molecule has 4 heterocycles. The summed E-state index contributed by atoms with van der Waals surface area (Å²) in [5.74, 6) is 4.18. The van der Waals surface area contributed by atoms with Gasteiger partial charge in [0.25, 0.3) is 0 Å². The third kappa shape index (κ3) is 3.60. The van der Waals surface area contributed by atoms with Gasteiger partial charge in [-0.25, -0.2) is 0 Å². The Morgan fingerprint density at radius 1 is 1.14 bits per heavy atom. The Morgan fingerprint density at radius 2 is 1.89 bits per heavy atom. The molecule has 0 spiro atoms. The van der Waals surface area contributed by atoms with Crippen LogP contribution in [0.3, 0.4) is 0 Å². The second-order valence-electron chi connectivity index (χ2n) is 12.6. The molecule has 4 saturated carbocycles. The number of piperidine rings is 3. The van der Waals surface area contributed by atoms with E-state index in [0.29, 0.717) is 11.8 Å². The van der Waals surface area contributed by atoms with E-state index >= 15 is 0 Å². The highest BCUT2D eigenvalue weighted by molar-refractivity contribution is 5.85. The molecule has 9 rings (SSSR count). The Kier molecular flexibility index (Phi) is 5.43. The van der Waals surface area contributed by atoms with Crippen LogP contribution < -0.4 is 4.74 Å². The van der Waals surface area contributed by atoms with Gasteiger partial charge in [0.15, 0.2) is 0 Å². The number of nitrogens with zero attached hydrogens (tertiary/aromatic N) is 2. The molecule has 3 aliphatic heterocycles. The van der Waals surface area contributed by atoms with Crippen LogP contribution in [0.4, 0.5) is 0 Å². The van der Waals surface area contributed by atoms with E-state index in [-0.39, 0.29) is 23.5 Å². The summed E-state index contributed by atoms with van der Waals surface area (Å²) in [5.41, 5.74) is 1.73. The lowest BCUT2D eigenvalue weighted by Crippen LogP contribution is -2.56. The van der Waals surface area contributed by atoms with E-state index < -0.39 is 0 Å². The lowest BCUT2D eigenvalue weighted by atomic mass is 9.49. The van der Waals surface area contributed by atoms with E-state index in [4.69, 9.17) is 9.47 Å². The third-order valence-electron chi connectivity index (χ3n) is 10.5. The van der Waals surface area contributed by atoms with Crippen molar-refractivity contribution in [2.24, 2.45) is 35.0 Å². The van der Waals surface area contributed by atoms with Crippen LogP contribution in [-0.2, 0) is 9.53 Å². The number of benzene rings is 1. The zero-order valence-electron chi connectivity index (χ0n) is 21.4. The molecule has 3 saturated heterocycles. The van der Waals surface area contributed by atoms with Crippen LogP contribution in [-0.4, -0.2) is 42.1 Å². The Hall–Kier alpha value is -2.40. The lowest BCUT2D eigenvalue weighted by molar-refractivity contribution is -0.184. The number of aromatic nitrogens is 1. The predicted molar refractivity (Wildman–Crippen MR) is 140 cm³/mol. The fourth-order valence-electron chi connectivity index (χ4n) is 9.16. The number of hydrogen-bond acceptors (Lipinski definition) is 5. The van der Waals surface area contributed by atoms with Crippen molar-refractivity contribution in [1.82, 2.24) is 9.88 Å². The highest BCUT2D eigenvalue weighted by atomic mass is 16.5. The summed E-state index contributed by atoms with van der Waals surface area (Å²) in [6.45, 7) is 6.19. The first-order valence-corrected chi connectivity index (χ1v) is 14.1. The summed E-state index contributed by atoms with van der Waals surface area (Å²) >= 11 is 0. The summed E-state index contributed by atoms with van der Waals surface area (Å²) in [7, 11) is 1.70. The molecule has 4 aliphatic carbocycles. The van der Waals surface area contributed by atoms with Crippen molar-refractivity contribution in [1.29, 1.82) is 0 Å². The molecular weight excluding hydrogens is 448 g/mol. The zero-order chi connectivity index (χ0) is 24.4. The van der Waals surface area contributed by atoms with E-state index in [9.17, 15) is 4.79 Å². The molecule has 1 aromatic heterocycles. The van der Waals surface area contributed by atoms with E-state index in [1.54, 1.807) is 7.11 Å². The molecule has 0 amide bonds. The van der Waals surface area contributed by atoms with Crippen molar-refractivity contribution in [2.45, 2.75) is 63.5 Å². The molecule has 7 aliphatic rings. The number of ether oxygens (including phenoxy) is 2. The van der Waals surface area contributed by atoms with Gasteiger partial charge in [0, 0.05) is 23.7 Å². The second-order valence-corrected chi connectivity index (χ2v) is 12.6. The monoisotopic (exact) mass is 486 g/mol. The number of carbonyl (C=O) groups is 1. The van der Waals surface area contributed by atoms with E-state index in [1.165, 1.54) is 25.7 Å². The first-order chi connectivity index (χ1) is 17.5. The molecule has 1 unspecified atom stereocenters. The summed E-state index contributed by atoms with van der Waals surface area (Å²) in [5, 5.41) is 1.03. The molecule has 0 N–H and O–H groups in total. The normalized spacial score (nSPS) is 39.2. The number of esters is 1. The number of pyridine rings is 1. The van der Waals surface area contributed by atoms with Crippen molar-refractivity contribution in [3.05, 3.63) is 48.7 Å². The van der Waals surface area contributed by atoms with Gasteiger partial charge in [-0.05, 0) is 112 Å². The van der Waals surface area contributed by atoms with Crippen LogP contribution in [0.5, 0.6) is 5.75 Å². The maximum atomic E-state index is 14.2. The second kappa shape index (κ2) is 8.58. The summed E-state index contributed by atoms with van der Waals surface area (Å²) in [6.07, 6.45) is 13.0. The van der Waals surface area contributed by atoms with Gasteiger partial charge in [-0.1, -0.05) is 6.08 Å². The van der Waals surface area contributed by atoms with E-state index in [0.717, 1.165) is 78.7 Å². The van der Waals surface area contributed by atoms with Crippen LogP contribution in [0, 0.1) is 35.0 Å². The van der Waals surface area contributed by atoms with Gasteiger partial charge in [0.2, 0.25) is 0 Å². The smallest absolute Gasteiger partial charge is 0.312 e. The first-order valence-electron chi connectivity index (χ1n) is 14.1. The molecule has 5 atom stereocenters. The molecule has 5 nitrogen and oxygen atoms in total. The minimum absolute atomic E-state index is 0.0716. The van der Waals surface area contributed by atoms with Crippen molar-refractivity contribution >= 4 is 16.9 Å². The van der Waals surface area contributed by atoms with Gasteiger partial charge in [0.05, 0.1) is 24.1 Å². The van der Waals surface area contributed by atoms with Crippen molar-refractivity contribution < 1.29 is 14.3 Å². The van der Waals surface area contributed by atoms with Gasteiger partial charge >= 0.3 is 5.97 Å². The number of methoxy groups -OCH3 is 1. The average molecular weight is 487 g/mol. The molecule has 6 bridgehead atoms. The maximum absolute atomic E-state index is 14.2. The molecular formula is C31H38N2O3. The highest BCUT2D eigenvalue weighted by Crippen LogP contribution is 2.61.